The number of aryl methyl sites for hydroxylation is 2. The zero-order valence-corrected chi connectivity index (χ0v) is 15.9. The Kier molecular flexibility index (Phi) is 5.22. The first kappa shape index (κ1) is 19.2. The number of carbonyl (C=O) groups excluding carboxylic acids is 1. The molecule has 6 heteroatoms. The number of ketones is 1. The van der Waals surface area contributed by atoms with Gasteiger partial charge >= 0.3 is 5.97 Å². The molecule has 1 aromatic heterocycles. The molecule has 28 heavy (non-hydrogen) atoms. The number of methoxy groups -OCH3 is 1. The Bertz CT molecular complexity index is 1090. The van der Waals surface area contributed by atoms with Crippen molar-refractivity contribution in [3.8, 4) is 5.75 Å². The van der Waals surface area contributed by atoms with E-state index in [1.807, 2.05) is 48.7 Å². The molecule has 0 aliphatic carbocycles. The molecule has 6 nitrogen and oxygen atoms in total. The Balaban J connectivity index is 2.20. The van der Waals surface area contributed by atoms with Gasteiger partial charge in [0.25, 0.3) is 5.78 Å². The molecule has 0 spiro atoms. The summed E-state index contributed by atoms with van der Waals surface area (Å²) in [5.74, 6) is -2.71. The van der Waals surface area contributed by atoms with Crippen LogP contribution in [0, 0.1) is 13.8 Å². The smallest absolute Gasteiger partial charge is 0.376 e. The van der Waals surface area contributed by atoms with Gasteiger partial charge in [0.2, 0.25) is 0 Å². The highest BCUT2D eigenvalue weighted by atomic mass is 16.5. The van der Waals surface area contributed by atoms with Crippen molar-refractivity contribution in [2.24, 2.45) is 0 Å². The molecule has 0 unspecified atom stereocenters. The molecule has 2 N–H and O–H groups in total. The molecule has 0 radical (unpaired) electrons. The number of rotatable bonds is 6. The first-order valence-electron chi connectivity index (χ1n) is 8.72. The van der Waals surface area contributed by atoms with Crippen molar-refractivity contribution in [3.63, 3.8) is 0 Å². The standard InChI is InChI=1S/C22H21NO5/c1-13-6-4-7-14(2)15(13)11-23-12-16(18(24)10-19(25)22(26)27)21-17(23)8-5-9-20(21)28-3/h4-10,12,24H,11H2,1-3H3,(H,26,27)/b18-10-. The number of aromatic nitrogens is 1. The van der Waals surface area contributed by atoms with Crippen LogP contribution in [0.2, 0.25) is 0 Å². The van der Waals surface area contributed by atoms with Gasteiger partial charge in [0.15, 0.2) is 0 Å². The average molecular weight is 379 g/mol. The lowest BCUT2D eigenvalue weighted by Crippen LogP contribution is -2.09. The van der Waals surface area contributed by atoms with Gasteiger partial charge in [-0.15, -0.1) is 0 Å². The fourth-order valence-corrected chi connectivity index (χ4v) is 3.35. The fraction of sp³-hybridized carbons (Fsp3) is 0.182. The Morgan fingerprint density at radius 1 is 1.07 bits per heavy atom. The lowest BCUT2D eigenvalue weighted by molar-refractivity contribution is -0.146. The summed E-state index contributed by atoms with van der Waals surface area (Å²) in [6, 6.07) is 11.6. The molecule has 0 saturated carbocycles. The highest BCUT2D eigenvalue weighted by molar-refractivity contribution is 6.38. The van der Waals surface area contributed by atoms with Gasteiger partial charge in [-0.05, 0) is 42.7 Å². The van der Waals surface area contributed by atoms with Gasteiger partial charge in [-0.3, -0.25) is 4.79 Å². The Morgan fingerprint density at radius 3 is 2.32 bits per heavy atom. The maximum absolute atomic E-state index is 11.5. The lowest BCUT2D eigenvalue weighted by atomic mass is 10.0. The number of aliphatic hydroxyl groups is 1. The van der Waals surface area contributed by atoms with Crippen molar-refractivity contribution in [3.05, 3.63) is 70.9 Å². The molecule has 0 amide bonds. The van der Waals surface area contributed by atoms with E-state index in [2.05, 4.69) is 0 Å². The number of hydrogen-bond donors (Lipinski definition) is 2. The van der Waals surface area contributed by atoms with Crippen molar-refractivity contribution >= 4 is 28.4 Å². The maximum Gasteiger partial charge on any atom is 0.376 e. The van der Waals surface area contributed by atoms with Crippen LogP contribution in [0.3, 0.4) is 0 Å². The van der Waals surface area contributed by atoms with Crippen molar-refractivity contribution in [1.82, 2.24) is 4.57 Å². The molecule has 3 rings (SSSR count). The van der Waals surface area contributed by atoms with Gasteiger partial charge in [0.1, 0.15) is 11.5 Å². The van der Waals surface area contributed by atoms with Gasteiger partial charge < -0.3 is 19.5 Å². The third kappa shape index (κ3) is 3.49. The third-order valence-corrected chi connectivity index (χ3v) is 4.82. The summed E-state index contributed by atoms with van der Waals surface area (Å²) in [4.78, 5) is 22.4. The Morgan fingerprint density at radius 2 is 1.71 bits per heavy atom. The minimum absolute atomic E-state index is 0.341. The molecule has 0 aliphatic heterocycles. The quantitative estimate of drug-likeness (QED) is 0.386. The average Bonchev–Trinajstić information content (AvgIpc) is 3.03. The number of ether oxygens (including phenoxy) is 1. The van der Waals surface area contributed by atoms with Crippen LogP contribution in [0.25, 0.3) is 16.7 Å². The maximum atomic E-state index is 11.5. The van der Waals surface area contributed by atoms with Crippen LogP contribution >= 0.6 is 0 Å². The number of aliphatic carboxylic acids is 1. The third-order valence-electron chi connectivity index (χ3n) is 4.82. The summed E-state index contributed by atoms with van der Waals surface area (Å²) >= 11 is 0. The molecule has 144 valence electrons. The van der Waals surface area contributed by atoms with Crippen molar-refractivity contribution in [2.45, 2.75) is 20.4 Å². The number of benzene rings is 2. The van der Waals surface area contributed by atoms with Crippen LogP contribution in [0.5, 0.6) is 5.75 Å². The van der Waals surface area contributed by atoms with E-state index in [9.17, 15) is 14.7 Å². The van der Waals surface area contributed by atoms with Crippen LogP contribution in [-0.2, 0) is 16.1 Å². The minimum atomic E-state index is -1.63. The second kappa shape index (κ2) is 7.60. The van der Waals surface area contributed by atoms with Gasteiger partial charge in [-0.1, -0.05) is 24.3 Å². The molecule has 0 fully saturated rings. The second-order valence-electron chi connectivity index (χ2n) is 6.59. The van der Waals surface area contributed by atoms with Crippen LogP contribution < -0.4 is 4.74 Å². The second-order valence-corrected chi connectivity index (χ2v) is 6.59. The molecule has 0 atom stereocenters. The van der Waals surface area contributed by atoms with E-state index >= 15 is 0 Å². The van der Waals surface area contributed by atoms with Crippen LogP contribution in [0.4, 0.5) is 0 Å². The molecule has 0 aliphatic rings. The summed E-state index contributed by atoms with van der Waals surface area (Å²) < 4.78 is 7.38. The van der Waals surface area contributed by atoms with E-state index in [1.54, 1.807) is 12.3 Å². The van der Waals surface area contributed by atoms with Crippen LogP contribution in [-0.4, -0.2) is 33.6 Å². The van der Waals surface area contributed by atoms with Crippen molar-refractivity contribution in [2.75, 3.05) is 7.11 Å². The van der Waals surface area contributed by atoms with E-state index < -0.39 is 17.5 Å². The number of carboxylic acids is 1. The molecular formula is C22H21NO5. The molecule has 1 heterocycles. The minimum Gasteiger partial charge on any atom is -0.507 e. The van der Waals surface area contributed by atoms with Crippen LogP contribution in [0.15, 0.2) is 48.7 Å². The lowest BCUT2D eigenvalue weighted by Gasteiger charge is -2.12. The molecule has 0 saturated heterocycles. The van der Waals surface area contributed by atoms with Crippen molar-refractivity contribution < 1.29 is 24.5 Å². The SMILES string of the molecule is COc1cccc2c1c(/C(O)=C/C(=O)C(=O)O)cn2Cc1c(C)cccc1C. The number of hydrogen-bond acceptors (Lipinski definition) is 4. The summed E-state index contributed by atoms with van der Waals surface area (Å²) in [6.07, 6.45) is 2.42. The number of nitrogens with zero attached hydrogens (tertiary/aromatic N) is 1. The highest BCUT2D eigenvalue weighted by Crippen LogP contribution is 2.34. The number of aliphatic hydroxyl groups excluding tert-OH is 1. The largest absolute Gasteiger partial charge is 0.507 e. The van der Waals surface area contributed by atoms with Gasteiger partial charge in [0, 0.05) is 24.4 Å². The predicted molar refractivity (Wildman–Crippen MR) is 107 cm³/mol. The summed E-state index contributed by atoms with van der Waals surface area (Å²) in [5.41, 5.74) is 4.59. The summed E-state index contributed by atoms with van der Waals surface area (Å²) in [5, 5.41) is 19.9. The predicted octanol–water partition coefficient (Wildman–Crippen LogP) is 3.87. The van der Waals surface area contributed by atoms with Gasteiger partial charge in [-0.25, -0.2) is 4.79 Å². The van der Waals surface area contributed by atoms with Gasteiger partial charge in [-0.2, -0.15) is 0 Å². The number of carboxylic acid groups (broad SMARTS) is 1. The first-order valence-corrected chi connectivity index (χ1v) is 8.72. The Labute approximate surface area is 162 Å². The fourth-order valence-electron chi connectivity index (χ4n) is 3.35. The zero-order valence-electron chi connectivity index (χ0n) is 15.9. The molecule has 0 bridgehead atoms. The summed E-state index contributed by atoms with van der Waals surface area (Å²) in [7, 11) is 1.52. The summed E-state index contributed by atoms with van der Waals surface area (Å²) in [6.45, 7) is 4.64. The molecular weight excluding hydrogens is 358 g/mol. The molecule has 2 aromatic carbocycles. The molecule has 3 aromatic rings. The highest BCUT2D eigenvalue weighted by Gasteiger charge is 2.19. The number of fused-ring (bicyclic) bond motifs is 1. The van der Waals surface area contributed by atoms with E-state index in [0.29, 0.717) is 29.3 Å². The van der Waals surface area contributed by atoms with E-state index in [-0.39, 0.29) is 0 Å². The normalized spacial score (nSPS) is 11.6. The monoisotopic (exact) mass is 379 g/mol. The first-order chi connectivity index (χ1) is 13.3. The van der Waals surface area contributed by atoms with Crippen molar-refractivity contribution in [1.29, 1.82) is 0 Å². The van der Waals surface area contributed by atoms with E-state index in [0.717, 1.165) is 22.2 Å². The topological polar surface area (TPSA) is 88.8 Å². The number of carbonyl (C=O) groups is 2. The Hall–Kier alpha value is -3.54. The van der Waals surface area contributed by atoms with E-state index in [1.165, 1.54) is 7.11 Å². The van der Waals surface area contributed by atoms with E-state index in [4.69, 9.17) is 9.84 Å². The van der Waals surface area contributed by atoms with Crippen LogP contribution in [0.1, 0.15) is 22.3 Å². The zero-order chi connectivity index (χ0) is 20.4. The van der Waals surface area contributed by atoms with Gasteiger partial charge in [0.05, 0.1) is 18.0 Å².